The van der Waals surface area contributed by atoms with E-state index in [-0.39, 0.29) is 13.8 Å². The van der Waals surface area contributed by atoms with Gasteiger partial charge in [0.15, 0.2) is 0 Å². The highest BCUT2D eigenvalue weighted by molar-refractivity contribution is 4.79. The van der Waals surface area contributed by atoms with E-state index in [1.54, 1.807) is 6.92 Å². The molecular formula is C8H20O5. The molecule has 0 aliphatic heterocycles. The zero-order chi connectivity index (χ0) is 9.72. The topological polar surface area (TPSA) is 101 Å². The predicted octanol–water partition coefficient (Wildman–Crippen LogP) is -1.53. The highest BCUT2D eigenvalue weighted by Gasteiger charge is 2.28. The minimum absolute atomic E-state index is 0. The van der Waals surface area contributed by atoms with Crippen molar-refractivity contribution in [3.8, 4) is 0 Å². The maximum absolute atomic E-state index is 9.12. The average molecular weight is 196 g/mol. The molecule has 0 unspecified atom stereocenters. The van der Waals surface area contributed by atoms with Crippen LogP contribution in [0.25, 0.3) is 0 Å². The Morgan fingerprint density at radius 1 is 0.923 bits per heavy atom. The van der Waals surface area contributed by atoms with Crippen molar-refractivity contribution in [2.75, 3.05) is 6.61 Å². The molecule has 0 aliphatic carbocycles. The Labute approximate surface area is 78.3 Å². The second kappa shape index (κ2) is 7.23. The molecule has 5 nitrogen and oxygen atoms in total. The van der Waals surface area contributed by atoms with Gasteiger partial charge in [-0.15, -0.1) is 0 Å². The quantitative estimate of drug-likeness (QED) is 0.367. The standard InChI is InChI=1S/C7H16O5.CH4/c1-2-4(9)6(11)7(12)5(10)3-8;/h4-12H,2-3H2,1H3;1H4/t4-,5+,6+,7+;/m0./s1. The zero-order valence-electron chi connectivity index (χ0n) is 6.96. The van der Waals surface area contributed by atoms with Crippen LogP contribution < -0.4 is 0 Å². The minimum Gasteiger partial charge on any atom is -0.394 e. The highest BCUT2D eigenvalue weighted by Crippen LogP contribution is 2.06. The molecule has 0 aromatic heterocycles. The van der Waals surface area contributed by atoms with Crippen LogP contribution in [0.2, 0.25) is 0 Å². The van der Waals surface area contributed by atoms with Gasteiger partial charge >= 0.3 is 0 Å². The van der Waals surface area contributed by atoms with E-state index < -0.39 is 31.0 Å². The molecule has 0 fully saturated rings. The van der Waals surface area contributed by atoms with E-state index in [0.717, 1.165) is 0 Å². The molecule has 0 bridgehead atoms. The van der Waals surface area contributed by atoms with Crippen LogP contribution in [0.15, 0.2) is 0 Å². The second-order valence-corrected chi connectivity index (χ2v) is 2.71. The third-order valence-corrected chi connectivity index (χ3v) is 1.74. The van der Waals surface area contributed by atoms with E-state index in [1.165, 1.54) is 0 Å². The molecule has 0 aliphatic rings. The minimum atomic E-state index is -1.51. The number of hydrogen-bond acceptors (Lipinski definition) is 5. The van der Waals surface area contributed by atoms with Crippen molar-refractivity contribution in [2.45, 2.75) is 45.2 Å². The van der Waals surface area contributed by atoms with Gasteiger partial charge in [-0.25, -0.2) is 0 Å². The first kappa shape index (κ1) is 15.3. The SMILES string of the molecule is C.CC[C@H](O)[C@@H](O)[C@H](O)[C@H](O)CO. The molecule has 0 saturated heterocycles. The lowest BCUT2D eigenvalue weighted by Gasteiger charge is -2.24. The van der Waals surface area contributed by atoms with Gasteiger partial charge in [0.1, 0.15) is 18.3 Å². The third-order valence-electron chi connectivity index (χ3n) is 1.74. The van der Waals surface area contributed by atoms with Gasteiger partial charge in [-0.05, 0) is 6.42 Å². The van der Waals surface area contributed by atoms with Gasteiger partial charge in [-0.2, -0.15) is 0 Å². The highest BCUT2D eigenvalue weighted by atomic mass is 16.4. The van der Waals surface area contributed by atoms with Gasteiger partial charge in [0.05, 0.1) is 12.7 Å². The van der Waals surface area contributed by atoms with E-state index in [9.17, 15) is 0 Å². The first-order chi connectivity index (χ1) is 5.54. The van der Waals surface area contributed by atoms with Crippen LogP contribution in [0.1, 0.15) is 20.8 Å². The van der Waals surface area contributed by atoms with Crippen LogP contribution in [0, 0.1) is 0 Å². The molecule has 0 aromatic carbocycles. The largest absolute Gasteiger partial charge is 0.394 e. The van der Waals surface area contributed by atoms with Gasteiger partial charge < -0.3 is 25.5 Å². The average Bonchev–Trinajstić information content (AvgIpc) is 2.12. The number of rotatable bonds is 5. The van der Waals surface area contributed by atoms with Crippen molar-refractivity contribution >= 4 is 0 Å². The summed E-state index contributed by atoms with van der Waals surface area (Å²) in [6.07, 6.45) is -5.15. The van der Waals surface area contributed by atoms with Crippen molar-refractivity contribution < 1.29 is 25.5 Å². The maximum atomic E-state index is 9.12. The van der Waals surface area contributed by atoms with Crippen LogP contribution in [-0.2, 0) is 0 Å². The fourth-order valence-corrected chi connectivity index (χ4v) is 0.805. The van der Waals surface area contributed by atoms with E-state index in [2.05, 4.69) is 0 Å². The zero-order valence-corrected chi connectivity index (χ0v) is 6.96. The first-order valence-electron chi connectivity index (χ1n) is 3.87. The Balaban J connectivity index is 0. The molecule has 13 heavy (non-hydrogen) atoms. The molecule has 4 atom stereocenters. The lowest BCUT2D eigenvalue weighted by atomic mass is 10.0. The molecule has 5 N–H and O–H groups in total. The monoisotopic (exact) mass is 196 g/mol. The van der Waals surface area contributed by atoms with Gasteiger partial charge in [0.2, 0.25) is 0 Å². The number of aliphatic hydroxyl groups is 5. The fourth-order valence-electron chi connectivity index (χ4n) is 0.805. The maximum Gasteiger partial charge on any atom is 0.110 e. The van der Waals surface area contributed by atoms with E-state index in [4.69, 9.17) is 25.5 Å². The predicted molar refractivity (Wildman–Crippen MR) is 48.1 cm³/mol. The Morgan fingerprint density at radius 2 is 1.31 bits per heavy atom. The normalized spacial score (nSPS) is 19.8. The Kier molecular flexibility index (Phi) is 8.49. The molecule has 0 saturated carbocycles. The molecule has 0 radical (unpaired) electrons. The van der Waals surface area contributed by atoms with Crippen LogP contribution in [-0.4, -0.2) is 56.6 Å². The van der Waals surface area contributed by atoms with Crippen LogP contribution >= 0.6 is 0 Å². The first-order valence-corrected chi connectivity index (χ1v) is 3.87. The van der Waals surface area contributed by atoms with E-state index >= 15 is 0 Å². The van der Waals surface area contributed by atoms with Gasteiger partial charge in [0.25, 0.3) is 0 Å². The molecule has 5 heteroatoms. The van der Waals surface area contributed by atoms with Gasteiger partial charge in [-0.1, -0.05) is 14.4 Å². The summed E-state index contributed by atoms with van der Waals surface area (Å²) in [6.45, 7) is 0.987. The third kappa shape index (κ3) is 4.54. The summed E-state index contributed by atoms with van der Waals surface area (Å²) in [7, 11) is 0. The fraction of sp³-hybridized carbons (Fsp3) is 1.00. The summed E-state index contributed by atoms with van der Waals surface area (Å²) >= 11 is 0. The summed E-state index contributed by atoms with van der Waals surface area (Å²) in [5, 5.41) is 44.5. The molecule has 0 rings (SSSR count). The van der Waals surface area contributed by atoms with Crippen molar-refractivity contribution in [3.63, 3.8) is 0 Å². The molecular weight excluding hydrogens is 176 g/mol. The van der Waals surface area contributed by atoms with E-state index in [1.807, 2.05) is 0 Å². The Morgan fingerprint density at radius 3 is 1.62 bits per heavy atom. The van der Waals surface area contributed by atoms with Crippen molar-refractivity contribution in [1.29, 1.82) is 0 Å². The molecule has 82 valence electrons. The lowest BCUT2D eigenvalue weighted by molar-refractivity contribution is -0.115. The van der Waals surface area contributed by atoms with Crippen LogP contribution in [0.5, 0.6) is 0 Å². The second-order valence-electron chi connectivity index (χ2n) is 2.71. The Hall–Kier alpha value is -0.200. The van der Waals surface area contributed by atoms with Crippen LogP contribution in [0.3, 0.4) is 0 Å². The summed E-state index contributed by atoms with van der Waals surface area (Å²) in [6, 6.07) is 0. The lowest BCUT2D eigenvalue weighted by Crippen LogP contribution is -2.45. The Bertz CT molecular complexity index is 105. The summed E-state index contributed by atoms with van der Waals surface area (Å²) < 4.78 is 0. The number of aliphatic hydroxyl groups excluding tert-OH is 5. The summed E-state index contributed by atoms with van der Waals surface area (Å²) in [5.41, 5.74) is 0. The van der Waals surface area contributed by atoms with Crippen LogP contribution in [0.4, 0.5) is 0 Å². The van der Waals surface area contributed by atoms with Crippen molar-refractivity contribution in [2.24, 2.45) is 0 Å². The van der Waals surface area contributed by atoms with Gasteiger partial charge in [0, 0.05) is 0 Å². The summed E-state index contributed by atoms with van der Waals surface area (Å²) in [4.78, 5) is 0. The van der Waals surface area contributed by atoms with E-state index in [0.29, 0.717) is 0 Å². The molecule has 0 spiro atoms. The van der Waals surface area contributed by atoms with Crippen molar-refractivity contribution in [3.05, 3.63) is 0 Å². The van der Waals surface area contributed by atoms with Crippen molar-refractivity contribution in [1.82, 2.24) is 0 Å². The molecule has 0 aromatic rings. The van der Waals surface area contributed by atoms with Gasteiger partial charge in [-0.3, -0.25) is 0 Å². The molecule has 0 heterocycles. The smallest absolute Gasteiger partial charge is 0.110 e. The summed E-state index contributed by atoms with van der Waals surface area (Å²) in [5.74, 6) is 0. The molecule has 0 amide bonds. The number of hydrogen-bond donors (Lipinski definition) is 5.